The molecule has 0 radical (unpaired) electrons. The van der Waals surface area contributed by atoms with Crippen molar-refractivity contribution in [3.63, 3.8) is 0 Å². The first-order valence-corrected chi connectivity index (χ1v) is 5.09. The maximum atomic E-state index is 11.4. The highest BCUT2D eigenvalue weighted by molar-refractivity contribution is 5.96. The van der Waals surface area contributed by atoms with Gasteiger partial charge in [0.05, 0.1) is 0 Å². The Morgan fingerprint density at radius 2 is 2.15 bits per heavy atom. The van der Waals surface area contributed by atoms with Gasteiger partial charge in [-0.1, -0.05) is 11.6 Å². The van der Waals surface area contributed by atoms with Gasteiger partial charge in [0.25, 0.3) is 0 Å². The summed E-state index contributed by atoms with van der Waals surface area (Å²) < 4.78 is 0. The molecule has 0 aromatic carbocycles. The fourth-order valence-corrected chi connectivity index (χ4v) is 2.76. The summed E-state index contributed by atoms with van der Waals surface area (Å²) in [6.45, 7) is 5.87. The third-order valence-electron chi connectivity index (χ3n) is 3.60. The van der Waals surface area contributed by atoms with E-state index in [1.807, 2.05) is 6.92 Å². The second-order valence-electron chi connectivity index (χ2n) is 4.16. The smallest absolute Gasteiger partial charge is 0.158 e. The van der Waals surface area contributed by atoms with E-state index in [1.165, 1.54) is 12.0 Å². The Bertz CT molecular complexity index is 285. The Labute approximate surface area is 79.5 Å². The van der Waals surface area contributed by atoms with Crippen LogP contribution in [0.2, 0.25) is 0 Å². The zero-order valence-electron chi connectivity index (χ0n) is 8.18. The van der Waals surface area contributed by atoms with Crippen molar-refractivity contribution in [1.82, 2.24) is 0 Å². The monoisotopic (exact) mass is 176 g/mol. The predicted octanol–water partition coefficient (Wildman–Crippen LogP) is 2.88. The van der Waals surface area contributed by atoms with Gasteiger partial charge in [-0.15, -0.1) is 6.58 Å². The van der Waals surface area contributed by atoms with Crippen molar-refractivity contribution in [3.05, 3.63) is 23.8 Å². The molecule has 0 spiro atoms. The first-order valence-electron chi connectivity index (χ1n) is 5.09. The Hall–Kier alpha value is -0.850. The molecule has 13 heavy (non-hydrogen) atoms. The van der Waals surface area contributed by atoms with Crippen molar-refractivity contribution in [2.24, 2.45) is 11.8 Å². The minimum atomic E-state index is 0.371. The van der Waals surface area contributed by atoms with Gasteiger partial charge < -0.3 is 0 Å². The molecule has 0 aliphatic heterocycles. The van der Waals surface area contributed by atoms with Crippen LogP contribution in [0.15, 0.2) is 23.8 Å². The summed E-state index contributed by atoms with van der Waals surface area (Å²) in [6, 6.07) is 0. The lowest BCUT2D eigenvalue weighted by Crippen LogP contribution is -2.18. The molecule has 0 aromatic rings. The Morgan fingerprint density at radius 1 is 1.38 bits per heavy atom. The molecule has 0 amide bonds. The third kappa shape index (κ3) is 1.27. The molecule has 0 unspecified atom stereocenters. The fourth-order valence-electron chi connectivity index (χ4n) is 2.76. The molecule has 0 bridgehead atoms. The Morgan fingerprint density at radius 3 is 2.85 bits per heavy atom. The topological polar surface area (TPSA) is 17.1 Å². The van der Waals surface area contributed by atoms with E-state index < -0.39 is 0 Å². The van der Waals surface area contributed by atoms with Gasteiger partial charge in [0.2, 0.25) is 0 Å². The number of Topliss-reactive ketones (excluding diaryl/α,β-unsaturated/α-hetero) is 1. The van der Waals surface area contributed by atoms with Crippen LogP contribution in [0.3, 0.4) is 0 Å². The van der Waals surface area contributed by atoms with Crippen molar-refractivity contribution >= 4 is 5.78 Å². The SMILES string of the molecule is C=C[C@H]1CCC2=C(C)C(=O)CC[C@@H]21. The lowest BCUT2D eigenvalue weighted by molar-refractivity contribution is -0.116. The second-order valence-corrected chi connectivity index (χ2v) is 4.16. The second kappa shape index (κ2) is 3.13. The van der Waals surface area contributed by atoms with Gasteiger partial charge in [-0.3, -0.25) is 4.79 Å². The molecule has 1 heteroatoms. The minimum absolute atomic E-state index is 0.371. The van der Waals surface area contributed by atoms with E-state index in [2.05, 4.69) is 12.7 Å². The molecule has 0 N–H and O–H groups in total. The van der Waals surface area contributed by atoms with E-state index in [4.69, 9.17) is 0 Å². The predicted molar refractivity (Wildman–Crippen MR) is 53.4 cm³/mol. The lowest BCUT2D eigenvalue weighted by atomic mass is 9.81. The van der Waals surface area contributed by atoms with Crippen LogP contribution in [0.1, 0.15) is 32.6 Å². The Balaban J connectivity index is 2.33. The average Bonchev–Trinajstić information content (AvgIpc) is 2.55. The molecule has 70 valence electrons. The number of carbonyl (C=O) groups excluding carboxylic acids is 1. The molecule has 0 aromatic heterocycles. The Kier molecular flexibility index (Phi) is 2.10. The molecule has 2 aliphatic carbocycles. The van der Waals surface area contributed by atoms with E-state index in [0.717, 1.165) is 24.8 Å². The number of rotatable bonds is 1. The first-order chi connectivity index (χ1) is 6.24. The van der Waals surface area contributed by atoms with Gasteiger partial charge in [0.1, 0.15) is 0 Å². The van der Waals surface area contributed by atoms with Crippen LogP contribution >= 0.6 is 0 Å². The van der Waals surface area contributed by atoms with E-state index in [1.54, 1.807) is 0 Å². The van der Waals surface area contributed by atoms with Crippen LogP contribution in [0, 0.1) is 11.8 Å². The van der Waals surface area contributed by atoms with E-state index in [9.17, 15) is 4.79 Å². The fraction of sp³-hybridized carbons (Fsp3) is 0.583. The van der Waals surface area contributed by atoms with Crippen molar-refractivity contribution in [2.75, 3.05) is 0 Å². The molecular formula is C12H16O. The summed E-state index contributed by atoms with van der Waals surface area (Å²) in [5.74, 6) is 1.66. The minimum Gasteiger partial charge on any atom is -0.295 e. The van der Waals surface area contributed by atoms with Crippen LogP contribution < -0.4 is 0 Å². The largest absolute Gasteiger partial charge is 0.295 e. The number of hydrogen-bond donors (Lipinski definition) is 0. The standard InChI is InChI=1S/C12H16O/c1-3-9-4-5-10-8(2)12(13)7-6-11(9)10/h3,9,11H,1,4-7H2,2H3/t9-,11+/m0/s1. The summed E-state index contributed by atoms with van der Waals surface area (Å²) >= 11 is 0. The summed E-state index contributed by atoms with van der Waals surface area (Å²) in [7, 11) is 0. The van der Waals surface area contributed by atoms with Crippen LogP contribution in [-0.2, 0) is 4.79 Å². The molecule has 2 aliphatic rings. The molecule has 1 fully saturated rings. The molecule has 0 saturated heterocycles. The number of fused-ring (bicyclic) bond motifs is 1. The van der Waals surface area contributed by atoms with Gasteiger partial charge in [-0.2, -0.15) is 0 Å². The number of ketones is 1. The molecule has 2 rings (SSSR count). The molecule has 2 atom stereocenters. The van der Waals surface area contributed by atoms with Crippen LogP contribution in [0.4, 0.5) is 0 Å². The van der Waals surface area contributed by atoms with Crippen LogP contribution in [-0.4, -0.2) is 5.78 Å². The lowest BCUT2D eigenvalue weighted by Gasteiger charge is -2.23. The van der Waals surface area contributed by atoms with Gasteiger partial charge in [-0.05, 0) is 43.6 Å². The molecule has 0 heterocycles. The zero-order valence-corrected chi connectivity index (χ0v) is 8.18. The summed E-state index contributed by atoms with van der Waals surface area (Å²) in [4.78, 5) is 11.4. The zero-order chi connectivity index (χ0) is 9.42. The normalized spacial score (nSPS) is 33.5. The average molecular weight is 176 g/mol. The number of carbonyl (C=O) groups is 1. The third-order valence-corrected chi connectivity index (χ3v) is 3.60. The van der Waals surface area contributed by atoms with Crippen molar-refractivity contribution < 1.29 is 4.79 Å². The van der Waals surface area contributed by atoms with Gasteiger partial charge in [-0.25, -0.2) is 0 Å². The van der Waals surface area contributed by atoms with Crippen molar-refractivity contribution in [3.8, 4) is 0 Å². The van der Waals surface area contributed by atoms with Crippen molar-refractivity contribution in [2.45, 2.75) is 32.6 Å². The van der Waals surface area contributed by atoms with E-state index in [0.29, 0.717) is 17.6 Å². The highest BCUT2D eigenvalue weighted by Gasteiger charge is 2.34. The van der Waals surface area contributed by atoms with Gasteiger partial charge >= 0.3 is 0 Å². The molecule has 1 saturated carbocycles. The summed E-state index contributed by atoms with van der Waals surface area (Å²) in [5, 5.41) is 0. The number of hydrogen-bond acceptors (Lipinski definition) is 1. The van der Waals surface area contributed by atoms with Crippen LogP contribution in [0.25, 0.3) is 0 Å². The van der Waals surface area contributed by atoms with Crippen molar-refractivity contribution in [1.29, 1.82) is 0 Å². The molecular weight excluding hydrogens is 160 g/mol. The summed E-state index contributed by atoms with van der Waals surface area (Å²) in [6.07, 6.45) is 6.21. The van der Waals surface area contributed by atoms with Gasteiger partial charge in [0, 0.05) is 6.42 Å². The summed E-state index contributed by atoms with van der Waals surface area (Å²) in [5.41, 5.74) is 2.49. The van der Waals surface area contributed by atoms with E-state index >= 15 is 0 Å². The maximum absolute atomic E-state index is 11.4. The highest BCUT2D eigenvalue weighted by atomic mass is 16.1. The quantitative estimate of drug-likeness (QED) is 0.561. The maximum Gasteiger partial charge on any atom is 0.158 e. The van der Waals surface area contributed by atoms with Gasteiger partial charge in [0.15, 0.2) is 5.78 Å². The molecule has 1 nitrogen and oxygen atoms in total. The van der Waals surface area contributed by atoms with E-state index in [-0.39, 0.29) is 0 Å². The van der Waals surface area contributed by atoms with Crippen LogP contribution in [0.5, 0.6) is 0 Å². The first kappa shape index (κ1) is 8.74. The number of allylic oxidation sites excluding steroid dienone is 3. The highest BCUT2D eigenvalue weighted by Crippen LogP contribution is 2.44.